The second kappa shape index (κ2) is 6.95. The summed E-state index contributed by atoms with van der Waals surface area (Å²) >= 11 is -0.288. The van der Waals surface area contributed by atoms with Crippen molar-refractivity contribution in [2.45, 2.75) is 10.2 Å². The average molecular weight is 381 g/mol. The lowest BCUT2D eigenvalue weighted by Crippen LogP contribution is -2.30. The highest BCUT2D eigenvalue weighted by atomic mass is 32.2. The largest absolute Gasteiger partial charge is 0.349 e. The molecule has 26 heavy (non-hydrogen) atoms. The first kappa shape index (κ1) is 18.2. The fourth-order valence-corrected chi connectivity index (χ4v) is 3.18. The van der Waals surface area contributed by atoms with E-state index in [0.717, 1.165) is 12.1 Å². The molecule has 1 heterocycles. The normalized spacial score (nSPS) is 14.8. The smallest absolute Gasteiger partial charge is 0.270 e. The van der Waals surface area contributed by atoms with E-state index in [4.69, 9.17) is 0 Å². The molecule has 134 valence electrons. The molecular formula is C18H11F4NO2S. The van der Waals surface area contributed by atoms with Crippen molar-refractivity contribution in [3.05, 3.63) is 77.4 Å². The maximum atomic E-state index is 14.0. The van der Waals surface area contributed by atoms with Gasteiger partial charge in [-0.2, -0.15) is 8.78 Å². The van der Waals surface area contributed by atoms with Crippen LogP contribution in [0.4, 0.5) is 17.6 Å². The highest BCUT2D eigenvalue weighted by molar-refractivity contribution is 8.00. The van der Waals surface area contributed by atoms with Crippen molar-refractivity contribution < 1.29 is 27.2 Å². The zero-order chi connectivity index (χ0) is 18.9. The minimum Gasteiger partial charge on any atom is -0.270 e. The minimum absolute atomic E-state index is 0.138. The van der Waals surface area contributed by atoms with Crippen molar-refractivity contribution in [1.29, 1.82) is 0 Å². The van der Waals surface area contributed by atoms with E-state index in [0.29, 0.717) is 11.0 Å². The number of halogens is 4. The molecule has 0 atom stereocenters. The van der Waals surface area contributed by atoms with Gasteiger partial charge in [0, 0.05) is 4.90 Å². The van der Waals surface area contributed by atoms with Crippen molar-refractivity contribution in [1.82, 2.24) is 4.90 Å². The van der Waals surface area contributed by atoms with Crippen LogP contribution in [0.1, 0.15) is 20.7 Å². The zero-order valence-electron chi connectivity index (χ0n) is 13.1. The van der Waals surface area contributed by atoms with E-state index in [1.807, 2.05) is 0 Å². The van der Waals surface area contributed by atoms with Gasteiger partial charge in [-0.1, -0.05) is 24.3 Å². The van der Waals surface area contributed by atoms with E-state index in [2.05, 4.69) is 0 Å². The third kappa shape index (κ3) is 3.37. The van der Waals surface area contributed by atoms with Gasteiger partial charge in [-0.3, -0.25) is 14.5 Å². The fourth-order valence-electron chi connectivity index (χ4n) is 2.41. The topological polar surface area (TPSA) is 37.4 Å². The Hall–Kier alpha value is -2.61. The predicted octanol–water partition coefficient (Wildman–Crippen LogP) is 4.66. The second-order valence-corrected chi connectivity index (χ2v) is 6.52. The van der Waals surface area contributed by atoms with Crippen molar-refractivity contribution >= 4 is 23.6 Å². The number of benzene rings is 2. The highest BCUT2D eigenvalue weighted by Gasteiger charge is 2.39. The van der Waals surface area contributed by atoms with Crippen molar-refractivity contribution in [2.75, 3.05) is 6.54 Å². The van der Waals surface area contributed by atoms with Crippen LogP contribution in [0, 0.1) is 5.82 Å². The van der Waals surface area contributed by atoms with Gasteiger partial charge in [-0.05, 0) is 42.1 Å². The van der Waals surface area contributed by atoms with Gasteiger partial charge in [0.15, 0.2) is 5.83 Å². The first-order valence-electron chi connectivity index (χ1n) is 7.44. The van der Waals surface area contributed by atoms with Gasteiger partial charge in [0.2, 0.25) is 0 Å². The minimum atomic E-state index is -4.04. The van der Waals surface area contributed by atoms with E-state index < -0.39 is 40.2 Å². The Morgan fingerprint density at radius 2 is 1.54 bits per heavy atom. The Kier molecular flexibility index (Phi) is 4.86. The molecule has 0 bridgehead atoms. The Bertz CT molecular complexity index is 879. The number of hydrogen-bond donors (Lipinski definition) is 0. The van der Waals surface area contributed by atoms with Crippen LogP contribution in [-0.4, -0.2) is 28.5 Å². The number of alkyl halides is 2. The second-order valence-electron chi connectivity index (χ2n) is 5.37. The number of fused-ring (bicyclic) bond motifs is 1. The molecule has 0 N–H and O–H groups in total. The number of hydrogen-bond acceptors (Lipinski definition) is 3. The SMILES string of the molecule is O=C1c2ccccc2C(=O)N1CC=C(F)C(F)(F)Sc1ccccc1F. The number of thioether (sulfide) groups is 1. The molecule has 0 radical (unpaired) electrons. The van der Waals surface area contributed by atoms with E-state index >= 15 is 0 Å². The summed E-state index contributed by atoms with van der Waals surface area (Å²) < 4.78 is 55.4. The summed E-state index contributed by atoms with van der Waals surface area (Å²) in [5.74, 6) is -4.12. The van der Waals surface area contributed by atoms with Gasteiger partial charge >= 0.3 is 5.25 Å². The van der Waals surface area contributed by atoms with E-state index in [1.54, 1.807) is 12.1 Å². The molecule has 0 unspecified atom stereocenters. The van der Waals surface area contributed by atoms with Gasteiger partial charge in [0.1, 0.15) is 5.82 Å². The molecule has 3 nitrogen and oxygen atoms in total. The standard InChI is InChI=1S/C18H11F4NO2S/c19-13-7-3-4-8-14(13)26-18(21,22)15(20)9-10-23-16(24)11-5-1-2-6-12(11)17(23)25/h1-9H,10H2. The van der Waals surface area contributed by atoms with Gasteiger partial charge < -0.3 is 0 Å². The van der Waals surface area contributed by atoms with Crippen molar-refractivity contribution in [3.8, 4) is 0 Å². The summed E-state index contributed by atoms with van der Waals surface area (Å²) in [6.45, 7) is -0.647. The summed E-state index contributed by atoms with van der Waals surface area (Å²) in [6.07, 6.45) is 0.454. The highest BCUT2D eigenvalue weighted by Crippen LogP contribution is 2.42. The molecule has 1 aliphatic heterocycles. The van der Waals surface area contributed by atoms with Gasteiger partial charge in [-0.25, -0.2) is 8.78 Å². The molecular weight excluding hydrogens is 370 g/mol. The number of carbonyl (C=O) groups excluding carboxylic acids is 2. The van der Waals surface area contributed by atoms with Crippen LogP contribution in [0.3, 0.4) is 0 Å². The van der Waals surface area contributed by atoms with Crippen LogP contribution in [0.15, 0.2) is 65.3 Å². The van der Waals surface area contributed by atoms with Crippen LogP contribution < -0.4 is 0 Å². The Labute approximate surface area is 150 Å². The quantitative estimate of drug-likeness (QED) is 0.430. The molecule has 0 aromatic heterocycles. The molecule has 0 spiro atoms. The lowest BCUT2D eigenvalue weighted by Gasteiger charge is -2.16. The number of nitrogens with zero attached hydrogens (tertiary/aromatic N) is 1. The van der Waals surface area contributed by atoms with E-state index in [9.17, 15) is 27.2 Å². The lowest BCUT2D eigenvalue weighted by atomic mass is 10.1. The first-order chi connectivity index (χ1) is 12.3. The van der Waals surface area contributed by atoms with Crippen LogP contribution in [0.25, 0.3) is 0 Å². The molecule has 3 rings (SSSR count). The fraction of sp³-hybridized carbons (Fsp3) is 0.111. The maximum absolute atomic E-state index is 14.0. The molecule has 2 aromatic rings. The number of imide groups is 1. The number of carbonyl (C=O) groups is 2. The third-order valence-corrected chi connectivity index (χ3v) is 4.69. The monoisotopic (exact) mass is 381 g/mol. The lowest BCUT2D eigenvalue weighted by molar-refractivity contribution is 0.0667. The average Bonchev–Trinajstić information content (AvgIpc) is 2.86. The predicted molar refractivity (Wildman–Crippen MR) is 88.2 cm³/mol. The Morgan fingerprint density at radius 1 is 1.00 bits per heavy atom. The first-order valence-corrected chi connectivity index (χ1v) is 8.25. The van der Waals surface area contributed by atoms with E-state index in [-0.39, 0.29) is 22.9 Å². The molecule has 8 heteroatoms. The molecule has 0 saturated carbocycles. The number of rotatable bonds is 5. The van der Waals surface area contributed by atoms with Gasteiger partial charge in [0.05, 0.1) is 17.7 Å². The number of amides is 2. The molecule has 0 saturated heterocycles. The Morgan fingerprint density at radius 3 is 2.12 bits per heavy atom. The molecule has 0 aliphatic carbocycles. The molecule has 1 aliphatic rings. The summed E-state index contributed by atoms with van der Waals surface area (Å²) in [4.78, 5) is 24.5. The summed E-state index contributed by atoms with van der Waals surface area (Å²) in [7, 11) is 0. The zero-order valence-corrected chi connectivity index (χ0v) is 13.9. The van der Waals surface area contributed by atoms with Gasteiger partial charge in [0.25, 0.3) is 11.8 Å². The molecule has 2 amide bonds. The van der Waals surface area contributed by atoms with Crippen molar-refractivity contribution in [3.63, 3.8) is 0 Å². The van der Waals surface area contributed by atoms with Crippen LogP contribution in [0.5, 0.6) is 0 Å². The van der Waals surface area contributed by atoms with E-state index in [1.165, 1.54) is 24.3 Å². The molecule has 0 fully saturated rings. The molecule has 2 aromatic carbocycles. The Balaban J connectivity index is 1.75. The van der Waals surface area contributed by atoms with Gasteiger partial charge in [-0.15, -0.1) is 0 Å². The third-order valence-electron chi connectivity index (χ3n) is 3.68. The van der Waals surface area contributed by atoms with Crippen molar-refractivity contribution in [2.24, 2.45) is 0 Å². The van der Waals surface area contributed by atoms with Crippen LogP contribution in [-0.2, 0) is 0 Å². The van der Waals surface area contributed by atoms with Crippen LogP contribution in [0.2, 0.25) is 0 Å². The summed E-state index contributed by atoms with van der Waals surface area (Å²) in [6, 6.07) is 10.7. The van der Waals surface area contributed by atoms with Crippen LogP contribution >= 0.6 is 11.8 Å². The summed E-state index contributed by atoms with van der Waals surface area (Å²) in [5.41, 5.74) is 0.276. The maximum Gasteiger partial charge on any atom is 0.349 e. The summed E-state index contributed by atoms with van der Waals surface area (Å²) in [5, 5.41) is -4.04.